The first-order valence-corrected chi connectivity index (χ1v) is 12.4. The number of imide groups is 1. The van der Waals surface area contributed by atoms with E-state index < -0.39 is 41.7 Å². The van der Waals surface area contributed by atoms with Gasteiger partial charge in [0, 0.05) is 11.6 Å². The molecule has 36 heavy (non-hydrogen) atoms. The van der Waals surface area contributed by atoms with Gasteiger partial charge in [0.05, 0.1) is 31.2 Å². The number of benzene rings is 2. The van der Waals surface area contributed by atoms with Crippen LogP contribution in [0.1, 0.15) is 37.8 Å². The molecule has 0 saturated carbocycles. The summed E-state index contributed by atoms with van der Waals surface area (Å²) in [6, 6.07) is 15.3. The highest BCUT2D eigenvalue weighted by atomic mass is 35.5. The number of halogens is 1. The van der Waals surface area contributed by atoms with Crippen molar-refractivity contribution in [1.29, 1.82) is 0 Å². The van der Waals surface area contributed by atoms with Crippen molar-refractivity contribution >= 4 is 29.7 Å². The number of carbonyl (C=O) groups is 3. The Morgan fingerprint density at radius 3 is 2.44 bits per heavy atom. The van der Waals surface area contributed by atoms with Gasteiger partial charge >= 0.3 is 12.2 Å². The third-order valence-electron chi connectivity index (χ3n) is 6.19. The predicted molar refractivity (Wildman–Crippen MR) is 134 cm³/mol. The second-order valence-corrected chi connectivity index (χ2v) is 10.4. The van der Waals surface area contributed by atoms with Crippen molar-refractivity contribution in [3.8, 4) is 0 Å². The first-order valence-electron chi connectivity index (χ1n) is 12.0. The zero-order valence-corrected chi connectivity index (χ0v) is 21.4. The molecule has 9 heteroatoms. The molecule has 0 bridgehead atoms. The Balaban J connectivity index is 1.69. The number of amides is 3. The molecule has 2 saturated heterocycles. The summed E-state index contributed by atoms with van der Waals surface area (Å²) in [6.07, 6.45) is -0.768. The summed E-state index contributed by atoms with van der Waals surface area (Å²) in [5.41, 5.74) is 0.892. The van der Waals surface area contributed by atoms with Crippen molar-refractivity contribution in [2.45, 2.75) is 50.8 Å². The Labute approximate surface area is 216 Å². The maximum absolute atomic E-state index is 14.2. The van der Waals surface area contributed by atoms with Crippen molar-refractivity contribution in [1.82, 2.24) is 9.80 Å². The van der Waals surface area contributed by atoms with Gasteiger partial charge in [0.25, 0.3) is 0 Å². The van der Waals surface area contributed by atoms with Crippen LogP contribution in [0.3, 0.4) is 0 Å². The second kappa shape index (κ2) is 10.9. The summed E-state index contributed by atoms with van der Waals surface area (Å²) in [5, 5.41) is 0.511. The summed E-state index contributed by atoms with van der Waals surface area (Å²) in [4.78, 5) is 42.8. The molecule has 2 aliphatic rings. The van der Waals surface area contributed by atoms with Crippen molar-refractivity contribution in [2.24, 2.45) is 0 Å². The van der Waals surface area contributed by atoms with E-state index in [-0.39, 0.29) is 19.8 Å². The lowest BCUT2D eigenvalue weighted by molar-refractivity contribution is -0.134. The standard InChI is InChI=1S/C27H31ClN2O6/c1-27(2,3)36-25(32)29-13-14-34-17-22(29)23(19-9-11-20(28)12-10-19)24(31)30-21(16-35-26(30)33)15-18-7-5-4-6-8-18/h4-12,21-23H,13-17H2,1-3H3/t21?,22?,23-/m0/s1. The van der Waals surface area contributed by atoms with Crippen LogP contribution >= 0.6 is 11.6 Å². The lowest BCUT2D eigenvalue weighted by Crippen LogP contribution is -2.56. The third kappa shape index (κ3) is 5.99. The monoisotopic (exact) mass is 514 g/mol. The number of nitrogens with zero attached hydrogens (tertiary/aromatic N) is 2. The predicted octanol–water partition coefficient (Wildman–Crippen LogP) is 4.65. The minimum absolute atomic E-state index is 0.101. The normalized spacial score (nSPS) is 21.2. The number of carbonyl (C=O) groups excluding carboxylic acids is 3. The van der Waals surface area contributed by atoms with Gasteiger partial charge in [-0.3, -0.25) is 9.69 Å². The number of morpholine rings is 1. The van der Waals surface area contributed by atoms with Crippen LogP contribution in [0.2, 0.25) is 5.02 Å². The van der Waals surface area contributed by atoms with Gasteiger partial charge in [0.15, 0.2) is 0 Å². The minimum atomic E-state index is -0.890. The molecule has 3 amide bonds. The molecule has 2 heterocycles. The van der Waals surface area contributed by atoms with Gasteiger partial charge in [-0.25, -0.2) is 14.5 Å². The third-order valence-corrected chi connectivity index (χ3v) is 6.44. The zero-order valence-electron chi connectivity index (χ0n) is 20.7. The molecule has 4 rings (SSSR count). The lowest BCUT2D eigenvalue weighted by Gasteiger charge is -2.41. The number of rotatable bonds is 5. The van der Waals surface area contributed by atoms with E-state index in [1.165, 1.54) is 9.80 Å². The molecule has 0 aromatic heterocycles. The highest BCUT2D eigenvalue weighted by molar-refractivity contribution is 6.30. The van der Waals surface area contributed by atoms with Crippen LogP contribution in [0.5, 0.6) is 0 Å². The highest BCUT2D eigenvalue weighted by Gasteiger charge is 2.47. The van der Waals surface area contributed by atoms with Crippen LogP contribution in [-0.4, -0.2) is 71.9 Å². The quantitative estimate of drug-likeness (QED) is 0.577. The van der Waals surface area contributed by atoms with Crippen LogP contribution < -0.4 is 0 Å². The fourth-order valence-corrected chi connectivity index (χ4v) is 4.69. The second-order valence-electron chi connectivity index (χ2n) is 9.97. The molecule has 2 fully saturated rings. The minimum Gasteiger partial charge on any atom is -0.447 e. The summed E-state index contributed by atoms with van der Waals surface area (Å²) in [7, 11) is 0. The van der Waals surface area contributed by atoms with Gasteiger partial charge in [-0.15, -0.1) is 0 Å². The smallest absolute Gasteiger partial charge is 0.417 e. The first kappa shape index (κ1) is 26.0. The number of hydrogen-bond donors (Lipinski definition) is 0. The summed E-state index contributed by atoms with van der Waals surface area (Å²) in [6.45, 7) is 6.16. The van der Waals surface area contributed by atoms with Crippen LogP contribution in [0.25, 0.3) is 0 Å². The summed E-state index contributed by atoms with van der Waals surface area (Å²) < 4.78 is 16.7. The largest absolute Gasteiger partial charge is 0.447 e. The molecule has 2 unspecified atom stereocenters. The van der Waals surface area contributed by atoms with Crippen LogP contribution in [0.15, 0.2) is 54.6 Å². The fraction of sp³-hybridized carbons (Fsp3) is 0.444. The van der Waals surface area contributed by atoms with Crippen molar-refractivity contribution < 1.29 is 28.6 Å². The molecular weight excluding hydrogens is 484 g/mol. The van der Waals surface area contributed by atoms with Crippen molar-refractivity contribution in [2.75, 3.05) is 26.4 Å². The van der Waals surface area contributed by atoms with Crippen molar-refractivity contribution in [3.63, 3.8) is 0 Å². The van der Waals surface area contributed by atoms with Gasteiger partial charge in [0.2, 0.25) is 5.91 Å². The van der Waals surface area contributed by atoms with Crippen LogP contribution in [0.4, 0.5) is 9.59 Å². The fourth-order valence-electron chi connectivity index (χ4n) is 4.56. The molecular formula is C27H31ClN2O6. The summed E-state index contributed by atoms with van der Waals surface area (Å²) in [5.74, 6) is -1.34. The first-order chi connectivity index (χ1) is 17.1. The molecule has 3 atom stereocenters. The molecule has 0 spiro atoms. The SMILES string of the molecule is CC(C)(C)OC(=O)N1CCOCC1[C@@H](C(=O)N1C(=O)OCC1Cc1ccccc1)c1ccc(Cl)cc1. The molecule has 8 nitrogen and oxygen atoms in total. The maximum atomic E-state index is 14.2. The van der Waals surface area contributed by atoms with E-state index in [0.717, 1.165) is 5.56 Å². The zero-order chi connectivity index (χ0) is 25.9. The Kier molecular flexibility index (Phi) is 7.85. The average Bonchev–Trinajstić information content (AvgIpc) is 3.20. The summed E-state index contributed by atoms with van der Waals surface area (Å²) >= 11 is 6.12. The Morgan fingerprint density at radius 1 is 1.08 bits per heavy atom. The number of cyclic esters (lactones) is 1. The molecule has 0 N–H and O–H groups in total. The molecule has 2 aliphatic heterocycles. The van der Waals surface area contributed by atoms with Gasteiger partial charge in [-0.1, -0.05) is 54.1 Å². The topological polar surface area (TPSA) is 85.4 Å². The molecule has 0 aliphatic carbocycles. The Bertz CT molecular complexity index is 1090. The lowest BCUT2D eigenvalue weighted by atomic mass is 9.88. The van der Waals surface area contributed by atoms with E-state index in [9.17, 15) is 14.4 Å². The molecule has 192 valence electrons. The highest BCUT2D eigenvalue weighted by Crippen LogP contribution is 2.33. The molecule has 2 aromatic carbocycles. The van der Waals surface area contributed by atoms with Crippen LogP contribution in [-0.2, 0) is 25.4 Å². The number of ether oxygens (including phenoxy) is 3. The molecule has 2 aromatic rings. The van der Waals surface area contributed by atoms with E-state index in [2.05, 4.69) is 0 Å². The number of hydrogen-bond acceptors (Lipinski definition) is 6. The van der Waals surface area contributed by atoms with E-state index in [1.54, 1.807) is 45.0 Å². The van der Waals surface area contributed by atoms with Crippen molar-refractivity contribution in [3.05, 3.63) is 70.7 Å². The molecule has 0 radical (unpaired) electrons. The average molecular weight is 515 g/mol. The Morgan fingerprint density at radius 2 is 1.78 bits per heavy atom. The van der Waals surface area contributed by atoms with E-state index >= 15 is 0 Å². The van der Waals surface area contributed by atoms with Gasteiger partial charge in [-0.05, 0) is 50.5 Å². The van der Waals surface area contributed by atoms with Gasteiger partial charge in [0.1, 0.15) is 12.2 Å². The van der Waals surface area contributed by atoms with Crippen LogP contribution in [0, 0.1) is 0 Å². The van der Waals surface area contributed by atoms with Gasteiger partial charge in [-0.2, -0.15) is 0 Å². The maximum Gasteiger partial charge on any atom is 0.417 e. The van der Waals surface area contributed by atoms with E-state index in [1.807, 2.05) is 30.3 Å². The van der Waals surface area contributed by atoms with E-state index in [0.29, 0.717) is 23.6 Å². The Hall–Kier alpha value is -3.10. The van der Waals surface area contributed by atoms with E-state index in [4.69, 9.17) is 25.8 Å². The van der Waals surface area contributed by atoms with Gasteiger partial charge < -0.3 is 14.2 Å².